The summed E-state index contributed by atoms with van der Waals surface area (Å²) in [4.78, 5) is 6.93. The number of nitrogens with zero attached hydrogens (tertiary/aromatic N) is 2. The second-order valence-corrected chi connectivity index (χ2v) is 6.51. The molecule has 122 valence electrons. The first-order chi connectivity index (χ1) is 10.2. The highest BCUT2D eigenvalue weighted by Gasteiger charge is 2.29. The van der Waals surface area contributed by atoms with Gasteiger partial charge in [0.15, 0.2) is 5.96 Å². The van der Waals surface area contributed by atoms with E-state index in [1.165, 1.54) is 32.4 Å². The predicted octanol–water partition coefficient (Wildman–Crippen LogP) is 1.59. The summed E-state index contributed by atoms with van der Waals surface area (Å²) < 4.78 is 5.81. The molecule has 2 heterocycles. The number of guanidine groups is 1. The molecule has 0 amide bonds. The highest BCUT2D eigenvalue weighted by Crippen LogP contribution is 2.23. The molecule has 2 fully saturated rings. The van der Waals surface area contributed by atoms with Gasteiger partial charge in [-0.2, -0.15) is 0 Å². The monoisotopic (exact) mass is 296 g/mol. The zero-order valence-corrected chi connectivity index (χ0v) is 14.0. The number of rotatable bonds is 6. The van der Waals surface area contributed by atoms with Gasteiger partial charge in [-0.3, -0.25) is 9.89 Å². The molecular weight excluding hydrogens is 264 g/mol. The minimum atomic E-state index is -0.0310. The normalized spacial score (nSPS) is 28.8. The van der Waals surface area contributed by atoms with Crippen molar-refractivity contribution in [2.45, 2.75) is 57.6 Å². The molecule has 0 aromatic carbocycles. The largest absolute Gasteiger partial charge is 0.373 e. The highest BCUT2D eigenvalue weighted by molar-refractivity contribution is 5.79. The minimum Gasteiger partial charge on any atom is -0.373 e. The SMILES string of the molecule is CCC(CNC(=NC)NCC1(C)CCCO1)N1CCCC1. The van der Waals surface area contributed by atoms with Gasteiger partial charge in [-0.1, -0.05) is 6.92 Å². The van der Waals surface area contributed by atoms with Crippen LogP contribution in [0.25, 0.3) is 0 Å². The van der Waals surface area contributed by atoms with E-state index in [4.69, 9.17) is 4.74 Å². The lowest BCUT2D eigenvalue weighted by Crippen LogP contribution is -2.49. The maximum atomic E-state index is 5.81. The molecule has 0 aromatic rings. The summed E-state index contributed by atoms with van der Waals surface area (Å²) in [6.45, 7) is 9.63. The highest BCUT2D eigenvalue weighted by atomic mass is 16.5. The Balaban J connectivity index is 1.73. The van der Waals surface area contributed by atoms with Crippen LogP contribution in [-0.2, 0) is 4.74 Å². The summed E-state index contributed by atoms with van der Waals surface area (Å²) in [5, 5.41) is 6.90. The van der Waals surface area contributed by atoms with Crippen molar-refractivity contribution in [2.75, 3.05) is 39.8 Å². The first-order valence-corrected chi connectivity index (χ1v) is 8.49. The molecule has 0 aromatic heterocycles. The molecule has 21 heavy (non-hydrogen) atoms. The molecule has 0 spiro atoms. The van der Waals surface area contributed by atoms with E-state index in [1.807, 2.05) is 7.05 Å². The van der Waals surface area contributed by atoms with Gasteiger partial charge >= 0.3 is 0 Å². The topological polar surface area (TPSA) is 48.9 Å². The Morgan fingerprint density at radius 2 is 2.05 bits per heavy atom. The maximum Gasteiger partial charge on any atom is 0.191 e. The first kappa shape index (κ1) is 16.6. The Morgan fingerprint density at radius 3 is 2.62 bits per heavy atom. The van der Waals surface area contributed by atoms with Crippen LogP contribution in [0, 0.1) is 0 Å². The van der Waals surface area contributed by atoms with Gasteiger partial charge in [-0.15, -0.1) is 0 Å². The Morgan fingerprint density at radius 1 is 1.29 bits per heavy atom. The molecule has 0 bridgehead atoms. The van der Waals surface area contributed by atoms with Gasteiger partial charge < -0.3 is 15.4 Å². The Kier molecular flexibility index (Phi) is 6.30. The van der Waals surface area contributed by atoms with Crippen molar-refractivity contribution in [3.63, 3.8) is 0 Å². The van der Waals surface area contributed by atoms with Crippen molar-refractivity contribution in [1.82, 2.24) is 15.5 Å². The third kappa shape index (κ3) is 4.85. The summed E-state index contributed by atoms with van der Waals surface area (Å²) in [6.07, 6.45) is 6.17. The first-order valence-electron chi connectivity index (χ1n) is 8.49. The van der Waals surface area contributed by atoms with Gasteiger partial charge in [0.05, 0.1) is 5.60 Å². The molecule has 0 aliphatic carbocycles. The van der Waals surface area contributed by atoms with Crippen LogP contribution < -0.4 is 10.6 Å². The van der Waals surface area contributed by atoms with Gasteiger partial charge in [-0.05, 0) is 52.1 Å². The fourth-order valence-corrected chi connectivity index (χ4v) is 3.32. The van der Waals surface area contributed by atoms with Gasteiger partial charge in [0.25, 0.3) is 0 Å². The average molecular weight is 296 g/mol. The molecule has 2 N–H and O–H groups in total. The quantitative estimate of drug-likeness (QED) is 0.577. The summed E-state index contributed by atoms with van der Waals surface area (Å²) in [6, 6.07) is 0.615. The van der Waals surface area contributed by atoms with Crippen LogP contribution in [0.5, 0.6) is 0 Å². The average Bonchev–Trinajstić information content (AvgIpc) is 3.15. The third-order valence-corrected chi connectivity index (χ3v) is 4.79. The van der Waals surface area contributed by atoms with Crippen LogP contribution >= 0.6 is 0 Å². The van der Waals surface area contributed by atoms with Crippen LogP contribution in [-0.4, -0.2) is 62.3 Å². The van der Waals surface area contributed by atoms with Crippen LogP contribution in [0.4, 0.5) is 0 Å². The van der Waals surface area contributed by atoms with Crippen molar-refractivity contribution in [2.24, 2.45) is 4.99 Å². The molecule has 5 nitrogen and oxygen atoms in total. The zero-order chi connectivity index (χ0) is 15.1. The van der Waals surface area contributed by atoms with Crippen molar-refractivity contribution < 1.29 is 4.74 Å². The van der Waals surface area contributed by atoms with Crippen LogP contribution in [0.15, 0.2) is 4.99 Å². The molecule has 0 radical (unpaired) electrons. The van der Waals surface area contributed by atoms with Gasteiger partial charge in [0, 0.05) is 32.8 Å². The second-order valence-electron chi connectivity index (χ2n) is 6.51. The van der Waals surface area contributed by atoms with Crippen molar-refractivity contribution in [3.8, 4) is 0 Å². The van der Waals surface area contributed by atoms with Crippen LogP contribution in [0.3, 0.4) is 0 Å². The second kappa shape index (κ2) is 7.99. The van der Waals surface area contributed by atoms with E-state index in [9.17, 15) is 0 Å². The molecular formula is C16H32N4O. The molecule has 2 aliphatic heterocycles. The van der Waals surface area contributed by atoms with Crippen molar-refractivity contribution in [1.29, 1.82) is 0 Å². The van der Waals surface area contributed by atoms with E-state index in [-0.39, 0.29) is 5.60 Å². The maximum absolute atomic E-state index is 5.81. The summed E-state index contributed by atoms with van der Waals surface area (Å²) in [7, 11) is 1.84. The van der Waals surface area contributed by atoms with Crippen molar-refractivity contribution >= 4 is 5.96 Å². The Bertz CT molecular complexity index is 333. The van der Waals surface area contributed by atoms with Gasteiger partial charge in [0.1, 0.15) is 0 Å². The molecule has 5 heteroatoms. The van der Waals surface area contributed by atoms with Crippen LogP contribution in [0.2, 0.25) is 0 Å². The standard InChI is InChI=1S/C16H32N4O/c1-4-14(20-9-5-6-10-20)12-18-15(17-3)19-13-16(2)8-7-11-21-16/h14H,4-13H2,1-3H3,(H2,17,18,19). The molecule has 2 unspecified atom stereocenters. The van der Waals surface area contributed by atoms with E-state index in [0.29, 0.717) is 6.04 Å². The van der Waals surface area contributed by atoms with Crippen molar-refractivity contribution in [3.05, 3.63) is 0 Å². The fraction of sp³-hybridized carbons (Fsp3) is 0.938. The van der Waals surface area contributed by atoms with Gasteiger partial charge in [-0.25, -0.2) is 0 Å². The van der Waals surface area contributed by atoms with Gasteiger partial charge in [0.2, 0.25) is 0 Å². The Hall–Kier alpha value is -0.810. The third-order valence-electron chi connectivity index (χ3n) is 4.79. The van der Waals surface area contributed by atoms with E-state index in [1.54, 1.807) is 0 Å². The predicted molar refractivity (Wildman–Crippen MR) is 87.8 cm³/mol. The number of nitrogens with one attached hydrogen (secondary N) is 2. The molecule has 2 aliphatic rings. The summed E-state index contributed by atoms with van der Waals surface area (Å²) in [5.41, 5.74) is -0.0310. The number of ether oxygens (including phenoxy) is 1. The van der Waals surface area contributed by atoms with E-state index in [0.717, 1.165) is 38.5 Å². The van der Waals surface area contributed by atoms with E-state index < -0.39 is 0 Å². The summed E-state index contributed by atoms with van der Waals surface area (Å²) in [5.74, 6) is 0.893. The lowest BCUT2D eigenvalue weighted by molar-refractivity contribution is 0.0242. The Labute approximate surface area is 129 Å². The smallest absolute Gasteiger partial charge is 0.191 e. The zero-order valence-electron chi connectivity index (χ0n) is 14.0. The van der Waals surface area contributed by atoms with E-state index >= 15 is 0 Å². The lowest BCUT2D eigenvalue weighted by atomic mass is 10.0. The van der Waals surface area contributed by atoms with E-state index in [2.05, 4.69) is 34.4 Å². The number of likely N-dealkylation sites (tertiary alicyclic amines) is 1. The number of aliphatic imine (C=N–C) groups is 1. The minimum absolute atomic E-state index is 0.0310. The summed E-state index contributed by atoms with van der Waals surface area (Å²) >= 11 is 0. The molecule has 2 saturated heterocycles. The number of hydrogen-bond acceptors (Lipinski definition) is 3. The fourth-order valence-electron chi connectivity index (χ4n) is 3.32. The molecule has 2 atom stereocenters. The molecule has 2 rings (SSSR count). The molecule has 0 saturated carbocycles. The lowest BCUT2D eigenvalue weighted by Gasteiger charge is -2.28. The number of hydrogen-bond donors (Lipinski definition) is 2. The van der Waals surface area contributed by atoms with Crippen LogP contribution in [0.1, 0.15) is 46.0 Å².